The van der Waals surface area contributed by atoms with Crippen LogP contribution in [0.15, 0.2) is 231 Å². The fourth-order valence-corrected chi connectivity index (χ4v) is 10.2. The van der Waals surface area contributed by atoms with Gasteiger partial charge in [0.25, 0.3) is 0 Å². The smallest absolute Gasteiger partial charge is 0.00206 e. The topological polar surface area (TPSA) is 0 Å². The molecule has 13 aromatic rings. The Hall–Kier alpha value is -8.06. The van der Waals surface area contributed by atoms with Gasteiger partial charge in [-0.15, -0.1) is 0 Å². The van der Waals surface area contributed by atoms with E-state index in [4.69, 9.17) is 0 Å². The molecule has 0 heteroatoms. The number of rotatable bonds is 6. The van der Waals surface area contributed by atoms with Gasteiger partial charge >= 0.3 is 0 Å². The Morgan fingerprint density at radius 1 is 0.161 bits per heavy atom. The van der Waals surface area contributed by atoms with Crippen molar-refractivity contribution in [3.05, 3.63) is 231 Å². The van der Waals surface area contributed by atoms with Crippen LogP contribution in [0.1, 0.15) is 0 Å². The lowest BCUT2D eigenvalue weighted by Gasteiger charge is -2.14. The molecular weight excluding hydrogens is 745 g/mol. The predicted octanol–water partition coefficient (Wildman–Crippen LogP) is 17.5. The van der Waals surface area contributed by atoms with Crippen molar-refractivity contribution in [2.24, 2.45) is 0 Å². The van der Waals surface area contributed by atoms with Crippen LogP contribution in [0, 0.1) is 0 Å². The first-order chi connectivity index (χ1) is 30.7. The van der Waals surface area contributed by atoms with Crippen LogP contribution in [0.2, 0.25) is 0 Å². The lowest BCUT2D eigenvalue weighted by molar-refractivity contribution is 1.56. The molecule has 0 saturated heterocycles. The summed E-state index contributed by atoms with van der Waals surface area (Å²) in [4.78, 5) is 0. The molecule has 0 nitrogen and oxygen atoms in total. The van der Waals surface area contributed by atoms with E-state index in [0.29, 0.717) is 0 Å². The van der Waals surface area contributed by atoms with Crippen molar-refractivity contribution in [1.82, 2.24) is 0 Å². The molecule has 0 aliphatic carbocycles. The maximum Gasteiger partial charge on any atom is -0.00206 e. The van der Waals surface area contributed by atoms with Gasteiger partial charge in [0.15, 0.2) is 0 Å². The molecule has 0 spiro atoms. The summed E-state index contributed by atoms with van der Waals surface area (Å²) in [6, 6.07) is 85.4. The molecular formula is C62H38. The predicted molar refractivity (Wildman–Crippen MR) is 266 cm³/mol. The lowest BCUT2D eigenvalue weighted by atomic mass is 9.89. The first-order valence-electron chi connectivity index (χ1n) is 21.6. The molecule has 0 saturated carbocycles. The van der Waals surface area contributed by atoms with Crippen LogP contribution in [-0.2, 0) is 0 Å². The quantitative estimate of drug-likeness (QED) is 0.147. The number of hydrogen-bond acceptors (Lipinski definition) is 0. The van der Waals surface area contributed by atoms with E-state index in [-0.39, 0.29) is 0 Å². The summed E-state index contributed by atoms with van der Waals surface area (Å²) in [5.74, 6) is 0. The van der Waals surface area contributed by atoms with Gasteiger partial charge in [0.1, 0.15) is 0 Å². The minimum atomic E-state index is 1.21. The van der Waals surface area contributed by atoms with E-state index in [0.717, 1.165) is 0 Å². The molecule has 0 N–H and O–H groups in total. The van der Waals surface area contributed by atoms with Gasteiger partial charge in [-0.05, 0) is 137 Å². The monoisotopic (exact) mass is 782 g/mol. The Kier molecular flexibility index (Phi) is 7.71. The molecule has 62 heavy (non-hydrogen) atoms. The minimum absolute atomic E-state index is 1.21. The second-order valence-electron chi connectivity index (χ2n) is 16.8. The third-order valence-corrected chi connectivity index (χ3v) is 13.4. The Bertz CT molecular complexity index is 3510. The molecule has 0 fully saturated rings. The Morgan fingerprint density at radius 3 is 0.774 bits per heavy atom. The van der Waals surface area contributed by atoms with Crippen LogP contribution in [0.3, 0.4) is 0 Å². The molecule has 13 aromatic carbocycles. The number of benzene rings is 13. The maximum atomic E-state index is 2.31. The second-order valence-corrected chi connectivity index (χ2v) is 16.8. The van der Waals surface area contributed by atoms with Crippen LogP contribution in [-0.4, -0.2) is 0 Å². The molecule has 13 rings (SSSR count). The van der Waals surface area contributed by atoms with Crippen molar-refractivity contribution in [1.29, 1.82) is 0 Å². The van der Waals surface area contributed by atoms with Gasteiger partial charge in [-0.25, -0.2) is 0 Å². The zero-order valence-electron chi connectivity index (χ0n) is 33.9. The third-order valence-electron chi connectivity index (χ3n) is 13.4. The molecule has 0 heterocycles. The van der Waals surface area contributed by atoms with Gasteiger partial charge in [-0.2, -0.15) is 0 Å². The van der Waals surface area contributed by atoms with Gasteiger partial charge in [-0.1, -0.05) is 224 Å². The lowest BCUT2D eigenvalue weighted by Crippen LogP contribution is -1.87. The van der Waals surface area contributed by atoms with Crippen molar-refractivity contribution in [3.63, 3.8) is 0 Å². The first-order valence-corrected chi connectivity index (χ1v) is 21.6. The van der Waals surface area contributed by atoms with E-state index in [2.05, 4.69) is 231 Å². The summed E-state index contributed by atoms with van der Waals surface area (Å²) in [6.45, 7) is 0. The average Bonchev–Trinajstić information content (AvgIpc) is 3.35. The fourth-order valence-electron chi connectivity index (χ4n) is 10.2. The van der Waals surface area contributed by atoms with Gasteiger partial charge < -0.3 is 0 Å². The largest absolute Gasteiger partial charge is 0.0610 e. The van der Waals surface area contributed by atoms with Crippen molar-refractivity contribution < 1.29 is 0 Å². The summed E-state index contributed by atoms with van der Waals surface area (Å²) in [6.07, 6.45) is 0. The summed E-state index contributed by atoms with van der Waals surface area (Å²) in [5.41, 5.74) is 14.7. The Morgan fingerprint density at radius 2 is 0.419 bits per heavy atom. The normalized spacial score (nSPS) is 11.9. The van der Waals surface area contributed by atoms with Gasteiger partial charge in [0.05, 0.1) is 0 Å². The fraction of sp³-hybridized carbons (Fsp3) is 0. The van der Waals surface area contributed by atoms with Crippen LogP contribution < -0.4 is 0 Å². The molecule has 0 aromatic heterocycles. The highest BCUT2D eigenvalue weighted by Gasteiger charge is 2.14. The first kappa shape index (κ1) is 34.8. The molecule has 286 valence electrons. The highest BCUT2D eigenvalue weighted by Crippen LogP contribution is 2.42. The average molecular weight is 783 g/mol. The molecule has 0 unspecified atom stereocenters. The summed E-state index contributed by atoms with van der Waals surface area (Å²) in [7, 11) is 0. The van der Waals surface area contributed by atoms with Crippen molar-refractivity contribution in [2.45, 2.75) is 0 Å². The Labute approximate surface area is 360 Å². The Balaban J connectivity index is 0.734. The van der Waals surface area contributed by atoms with Crippen LogP contribution in [0.5, 0.6) is 0 Å². The van der Waals surface area contributed by atoms with Crippen LogP contribution in [0.4, 0.5) is 0 Å². The minimum Gasteiger partial charge on any atom is -0.0610 e. The molecule has 0 atom stereocenters. The van der Waals surface area contributed by atoms with Crippen LogP contribution in [0.25, 0.3) is 131 Å². The molecule has 0 aliphatic rings. The standard InChI is InChI=1S/C62H38/c1-4-47-26-28-51-30-34-55(57-36-32-49(6-1)59(47)61(51)57)45-22-18-41(19-23-45)39-10-14-43(15-11-39)53-8-3-9-54(38-53)44-16-12-40(13-17-44)42-20-24-46(25-21-42)56-35-31-52-29-27-48-5-2-7-50-33-37-58(56)62(52)60(48)50/h1-38H. The van der Waals surface area contributed by atoms with Gasteiger partial charge in [0.2, 0.25) is 0 Å². The molecule has 0 amide bonds. The maximum absolute atomic E-state index is 2.31. The molecule has 0 radical (unpaired) electrons. The molecule has 0 bridgehead atoms. The van der Waals surface area contributed by atoms with E-state index in [1.807, 2.05) is 0 Å². The van der Waals surface area contributed by atoms with Gasteiger partial charge in [-0.3, -0.25) is 0 Å². The zero-order valence-corrected chi connectivity index (χ0v) is 33.9. The highest BCUT2D eigenvalue weighted by molar-refractivity contribution is 6.26. The second kappa shape index (κ2) is 13.7. The molecule has 0 aliphatic heterocycles. The SMILES string of the molecule is c1cc(-c2ccc(-c3ccc(-c4ccc5ccc6cccc7ccc4c5c67)cc3)cc2)cc(-c2ccc(-c3ccc(-c4ccc5ccc6cccc7ccc4c5c67)cc3)cc2)c1. The van der Waals surface area contributed by atoms with Gasteiger partial charge in [0, 0.05) is 0 Å². The van der Waals surface area contributed by atoms with Crippen molar-refractivity contribution >= 4 is 64.6 Å². The third kappa shape index (κ3) is 5.54. The van der Waals surface area contributed by atoms with Crippen molar-refractivity contribution in [2.75, 3.05) is 0 Å². The summed E-state index contributed by atoms with van der Waals surface area (Å²) in [5, 5.41) is 15.8. The number of hydrogen-bond donors (Lipinski definition) is 0. The highest BCUT2D eigenvalue weighted by atomic mass is 14.2. The zero-order chi connectivity index (χ0) is 40.7. The van der Waals surface area contributed by atoms with Crippen molar-refractivity contribution in [3.8, 4) is 66.8 Å². The van der Waals surface area contributed by atoms with Crippen LogP contribution >= 0.6 is 0 Å². The van der Waals surface area contributed by atoms with E-state index < -0.39 is 0 Å². The summed E-state index contributed by atoms with van der Waals surface area (Å²) >= 11 is 0. The van der Waals surface area contributed by atoms with E-state index in [1.165, 1.54) is 131 Å². The van der Waals surface area contributed by atoms with E-state index in [1.54, 1.807) is 0 Å². The van der Waals surface area contributed by atoms with E-state index in [9.17, 15) is 0 Å². The summed E-state index contributed by atoms with van der Waals surface area (Å²) < 4.78 is 0. The van der Waals surface area contributed by atoms with E-state index >= 15 is 0 Å².